The van der Waals surface area contributed by atoms with E-state index >= 15 is 0 Å². The summed E-state index contributed by atoms with van der Waals surface area (Å²) in [4.78, 5) is 0. The molecule has 0 heterocycles. The molecular formula is C26H46. The molecule has 2 fully saturated rings. The summed E-state index contributed by atoms with van der Waals surface area (Å²) in [5.41, 5.74) is 5.49. The lowest BCUT2D eigenvalue weighted by atomic mass is 9.84. The van der Waals surface area contributed by atoms with Crippen molar-refractivity contribution >= 4 is 0 Å². The SMILES string of the molecule is CCCCC=C1CCCCCCCCCCCCCC1=C1CCCCC1. The van der Waals surface area contributed by atoms with Crippen molar-refractivity contribution in [2.75, 3.05) is 0 Å². The van der Waals surface area contributed by atoms with Crippen LogP contribution in [0.2, 0.25) is 0 Å². The van der Waals surface area contributed by atoms with Crippen molar-refractivity contribution in [3.8, 4) is 0 Å². The predicted molar refractivity (Wildman–Crippen MR) is 118 cm³/mol. The highest BCUT2D eigenvalue weighted by molar-refractivity contribution is 5.36. The maximum absolute atomic E-state index is 2.67. The second-order valence-electron chi connectivity index (χ2n) is 8.90. The highest BCUT2D eigenvalue weighted by Gasteiger charge is 2.15. The highest BCUT2D eigenvalue weighted by Crippen LogP contribution is 2.34. The standard InChI is InChI=1S/C26H46/c1-2-3-14-19-24-20-15-11-9-7-5-4-6-8-10-12-18-23-26(24)25-21-16-13-17-22-25/h19H,2-18,20-23H2,1H3. The molecule has 0 bridgehead atoms. The van der Waals surface area contributed by atoms with Crippen LogP contribution in [0.1, 0.15) is 142 Å². The van der Waals surface area contributed by atoms with Crippen LogP contribution in [0.3, 0.4) is 0 Å². The van der Waals surface area contributed by atoms with Gasteiger partial charge in [-0.15, -0.1) is 0 Å². The first-order valence-electron chi connectivity index (χ1n) is 12.3. The summed E-state index contributed by atoms with van der Waals surface area (Å²) in [5.74, 6) is 0. The molecule has 0 heteroatoms. The van der Waals surface area contributed by atoms with Crippen LogP contribution in [0.4, 0.5) is 0 Å². The zero-order valence-electron chi connectivity index (χ0n) is 17.9. The second kappa shape index (κ2) is 14.5. The van der Waals surface area contributed by atoms with Gasteiger partial charge in [0.05, 0.1) is 0 Å². The van der Waals surface area contributed by atoms with Crippen molar-refractivity contribution in [2.45, 2.75) is 142 Å². The van der Waals surface area contributed by atoms with E-state index in [4.69, 9.17) is 0 Å². The average Bonchev–Trinajstić information content (AvgIpc) is 2.68. The molecule has 0 atom stereocenters. The van der Waals surface area contributed by atoms with E-state index in [9.17, 15) is 0 Å². The molecule has 2 aliphatic carbocycles. The molecule has 0 radical (unpaired) electrons. The average molecular weight is 359 g/mol. The molecule has 0 N–H and O–H groups in total. The quantitative estimate of drug-likeness (QED) is 0.440. The van der Waals surface area contributed by atoms with E-state index in [1.165, 1.54) is 135 Å². The molecule has 2 rings (SSSR count). The van der Waals surface area contributed by atoms with E-state index in [-0.39, 0.29) is 0 Å². The fourth-order valence-corrected chi connectivity index (χ4v) is 4.91. The van der Waals surface area contributed by atoms with Gasteiger partial charge < -0.3 is 0 Å². The summed E-state index contributed by atoms with van der Waals surface area (Å²) in [6.07, 6.45) is 32.7. The molecule has 2 aliphatic rings. The normalized spacial score (nSPS) is 24.3. The Bertz CT molecular complexity index is 404. The lowest BCUT2D eigenvalue weighted by Gasteiger charge is -2.22. The molecule has 0 unspecified atom stereocenters. The van der Waals surface area contributed by atoms with Crippen molar-refractivity contribution < 1.29 is 0 Å². The number of allylic oxidation sites excluding steroid dienone is 4. The molecule has 0 saturated heterocycles. The third-order valence-electron chi connectivity index (χ3n) is 6.59. The van der Waals surface area contributed by atoms with Crippen LogP contribution in [0, 0.1) is 0 Å². The van der Waals surface area contributed by atoms with Crippen LogP contribution in [0.5, 0.6) is 0 Å². The predicted octanol–water partition coefficient (Wildman–Crippen LogP) is 9.45. The van der Waals surface area contributed by atoms with Gasteiger partial charge in [-0.2, -0.15) is 0 Å². The monoisotopic (exact) mass is 358 g/mol. The molecular weight excluding hydrogens is 312 g/mol. The van der Waals surface area contributed by atoms with Gasteiger partial charge in [0.25, 0.3) is 0 Å². The molecule has 150 valence electrons. The van der Waals surface area contributed by atoms with Crippen molar-refractivity contribution in [1.82, 2.24) is 0 Å². The Kier molecular flexibility index (Phi) is 12.2. The fourth-order valence-electron chi connectivity index (χ4n) is 4.91. The summed E-state index contributed by atoms with van der Waals surface area (Å²) >= 11 is 0. The Morgan fingerprint density at radius 2 is 1.04 bits per heavy atom. The van der Waals surface area contributed by atoms with Gasteiger partial charge in [-0.1, -0.05) is 95.6 Å². The topological polar surface area (TPSA) is 0 Å². The van der Waals surface area contributed by atoms with E-state index in [1.54, 1.807) is 5.57 Å². The lowest BCUT2D eigenvalue weighted by molar-refractivity contribution is 0.549. The van der Waals surface area contributed by atoms with Gasteiger partial charge in [-0.05, 0) is 68.9 Å². The molecule has 0 aromatic carbocycles. The van der Waals surface area contributed by atoms with E-state index < -0.39 is 0 Å². The molecule has 0 spiro atoms. The van der Waals surface area contributed by atoms with Crippen LogP contribution in [-0.2, 0) is 0 Å². The number of rotatable bonds is 3. The third kappa shape index (κ3) is 8.92. The highest BCUT2D eigenvalue weighted by atomic mass is 14.2. The number of unbranched alkanes of at least 4 members (excludes halogenated alkanes) is 2. The van der Waals surface area contributed by atoms with Crippen LogP contribution in [-0.4, -0.2) is 0 Å². The summed E-state index contributed by atoms with van der Waals surface area (Å²) in [6, 6.07) is 0. The zero-order chi connectivity index (χ0) is 18.3. The number of hydrogen-bond donors (Lipinski definition) is 0. The molecule has 2 saturated carbocycles. The first kappa shape index (κ1) is 21.8. The summed E-state index contributed by atoms with van der Waals surface area (Å²) < 4.78 is 0. The second-order valence-corrected chi connectivity index (χ2v) is 8.90. The molecule has 0 nitrogen and oxygen atoms in total. The van der Waals surface area contributed by atoms with E-state index in [2.05, 4.69) is 13.0 Å². The van der Waals surface area contributed by atoms with Crippen molar-refractivity contribution in [2.24, 2.45) is 0 Å². The minimum Gasteiger partial charge on any atom is -0.0810 e. The van der Waals surface area contributed by atoms with Gasteiger partial charge in [-0.25, -0.2) is 0 Å². The minimum absolute atomic E-state index is 1.31. The van der Waals surface area contributed by atoms with Gasteiger partial charge in [0.2, 0.25) is 0 Å². The third-order valence-corrected chi connectivity index (χ3v) is 6.59. The van der Waals surface area contributed by atoms with Crippen LogP contribution in [0.15, 0.2) is 22.8 Å². The Morgan fingerprint density at radius 3 is 1.62 bits per heavy atom. The fraction of sp³-hybridized carbons (Fsp3) is 0.846. The van der Waals surface area contributed by atoms with Crippen molar-refractivity contribution in [3.05, 3.63) is 22.8 Å². The molecule has 0 aromatic heterocycles. The summed E-state index contributed by atoms with van der Waals surface area (Å²) in [7, 11) is 0. The van der Waals surface area contributed by atoms with Crippen LogP contribution in [0.25, 0.3) is 0 Å². The molecule has 0 aromatic rings. The lowest BCUT2D eigenvalue weighted by Crippen LogP contribution is -2.03. The Morgan fingerprint density at radius 1 is 0.577 bits per heavy atom. The molecule has 26 heavy (non-hydrogen) atoms. The van der Waals surface area contributed by atoms with Gasteiger partial charge in [0.15, 0.2) is 0 Å². The van der Waals surface area contributed by atoms with Gasteiger partial charge in [0, 0.05) is 0 Å². The van der Waals surface area contributed by atoms with Gasteiger partial charge >= 0.3 is 0 Å². The maximum Gasteiger partial charge on any atom is -0.0277 e. The van der Waals surface area contributed by atoms with Crippen LogP contribution < -0.4 is 0 Å². The van der Waals surface area contributed by atoms with E-state index in [0.29, 0.717) is 0 Å². The molecule has 0 aliphatic heterocycles. The smallest absolute Gasteiger partial charge is 0.0277 e. The van der Waals surface area contributed by atoms with Gasteiger partial charge in [0.1, 0.15) is 0 Å². The first-order valence-corrected chi connectivity index (χ1v) is 12.3. The van der Waals surface area contributed by atoms with Gasteiger partial charge in [-0.3, -0.25) is 0 Å². The summed E-state index contributed by atoms with van der Waals surface area (Å²) in [5, 5.41) is 0. The Labute approximate surface area is 164 Å². The minimum atomic E-state index is 1.31. The molecule has 0 amide bonds. The Balaban J connectivity index is 2.08. The van der Waals surface area contributed by atoms with Crippen LogP contribution >= 0.6 is 0 Å². The number of hydrogen-bond acceptors (Lipinski definition) is 0. The van der Waals surface area contributed by atoms with Crippen molar-refractivity contribution in [3.63, 3.8) is 0 Å². The summed E-state index contributed by atoms with van der Waals surface area (Å²) in [6.45, 7) is 2.33. The Hall–Kier alpha value is -0.520. The zero-order valence-corrected chi connectivity index (χ0v) is 17.9. The van der Waals surface area contributed by atoms with E-state index in [1.807, 2.05) is 11.1 Å². The van der Waals surface area contributed by atoms with Crippen molar-refractivity contribution in [1.29, 1.82) is 0 Å². The maximum atomic E-state index is 2.67. The largest absolute Gasteiger partial charge is 0.0810 e. The van der Waals surface area contributed by atoms with E-state index in [0.717, 1.165) is 0 Å². The first-order chi connectivity index (χ1) is 12.9.